The van der Waals surface area contributed by atoms with E-state index in [-0.39, 0.29) is 35.4 Å². The molecule has 2 saturated carbocycles. The molecule has 140 valence electrons. The van der Waals surface area contributed by atoms with Crippen molar-refractivity contribution < 1.29 is 10.2 Å². The lowest BCUT2D eigenvalue weighted by atomic mass is 9.53. The van der Waals surface area contributed by atoms with Crippen LogP contribution in [0.4, 0.5) is 0 Å². The molecule has 7 atom stereocenters. The fraction of sp³-hybridized carbons (Fsp3) is 0.864. The van der Waals surface area contributed by atoms with Gasteiger partial charge < -0.3 is 10.2 Å². The van der Waals surface area contributed by atoms with Crippen molar-refractivity contribution in [1.82, 2.24) is 0 Å². The van der Waals surface area contributed by atoms with Gasteiger partial charge in [-0.15, -0.1) is 0 Å². The zero-order valence-electron chi connectivity index (χ0n) is 16.3. The number of hydrogen-bond donors (Lipinski definition) is 2. The molecule has 2 bridgehead atoms. The maximum Gasteiger partial charge on any atom is 0.0702 e. The fourth-order valence-electron chi connectivity index (χ4n) is 6.81. The van der Waals surface area contributed by atoms with Gasteiger partial charge in [-0.2, -0.15) is 5.26 Å². The molecule has 3 aliphatic rings. The molecule has 2 N–H and O–H groups in total. The molecule has 0 aromatic carbocycles. The zero-order chi connectivity index (χ0) is 18.4. The third-order valence-electron chi connectivity index (χ3n) is 7.99. The van der Waals surface area contributed by atoms with Crippen LogP contribution in [-0.2, 0) is 0 Å². The summed E-state index contributed by atoms with van der Waals surface area (Å²) in [5.74, 6) is 1.94. The van der Waals surface area contributed by atoms with Crippen LogP contribution in [0.15, 0.2) is 11.6 Å². The van der Waals surface area contributed by atoms with Crippen LogP contribution in [0.3, 0.4) is 0 Å². The van der Waals surface area contributed by atoms with E-state index in [1.165, 1.54) is 5.57 Å². The first-order chi connectivity index (χ1) is 11.8. The summed E-state index contributed by atoms with van der Waals surface area (Å²) in [6, 6.07) is 2.84. The van der Waals surface area contributed by atoms with Crippen LogP contribution in [0.2, 0.25) is 0 Å². The number of aliphatic hydroxyl groups is 2. The lowest BCUT2D eigenvalue weighted by Crippen LogP contribution is -2.45. The van der Waals surface area contributed by atoms with Gasteiger partial charge in [-0.1, -0.05) is 45.8 Å². The van der Waals surface area contributed by atoms with Gasteiger partial charge in [0.25, 0.3) is 0 Å². The second-order valence-corrected chi connectivity index (χ2v) is 9.51. The second kappa shape index (κ2) is 6.71. The quantitative estimate of drug-likeness (QED) is 0.557. The van der Waals surface area contributed by atoms with Crippen molar-refractivity contribution in [2.75, 3.05) is 6.61 Å². The summed E-state index contributed by atoms with van der Waals surface area (Å²) >= 11 is 0. The number of allylic oxidation sites excluding steroid dienone is 2. The first-order valence-electron chi connectivity index (χ1n) is 10.2. The summed E-state index contributed by atoms with van der Waals surface area (Å²) in [5.41, 5.74) is 1.11. The Bertz CT molecular complexity index is 577. The summed E-state index contributed by atoms with van der Waals surface area (Å²) in [7, 11) is 0. The van der Waals surface area contributed by atoms with Gasteiger partial charge in [-0.05, 0) is 61.7 Å². The van der Waals surface area contributed by atoms with Gasteiger partial charge in [-0.3, -0.25) is 0 Å². The lowest BCUT2D eigenvalue weighted by Gasteiger charge is -2.48. The van der Waals surface area contributed by atoms with Gasteiger partial charge in [0.2, 0.25) is 0 Å². The van der Waals surface area contributed by atoms with E-state index in [2.05, 4.69) is 39.8 Å². The Labute approximate surface area is 153 Å². The molecule has 0 heterocycles. The summed E-state index contributed by atoms with van der Waals surface area (Å²) in [4.78, 5) is 0. The molecule has 3 heteroatoms. The molecule has 3 rings (SSSR count). The molecular weight excluding hydrogens is 310 g/mol. The minimum absolute atomic E-state index is 0.0374. The minimum atomic E-state index is -0.332. The summed E-state index contributed by atoms with van der Waals surface area (Å²) in [6.45, 7) is 9.23. The smallest absolute Gasteiger partial charge is 0.0702 e. The third kappa shape index (κ3) is 2.68. The van der Waals surface area contributed by atoms with Gasteiger partial charge >= 0.3 is 0 Å². The lowest BCUT2D eigenvalue weighted by molar-refractivity contribution is 0.0619. The number of nitriles is 1. The minimum Gasteiger partial charge on any atom is -0.396 e. The highest BCUT2D eigenvalue weighted by Gasteiger charge is 2.66. The van der Waals surface area contributed by atoms with E-state index in [9.17, 15) is 10.4 Å². The van der Waals surface area contributed by atoms with Crippen molar-refractivity contribution in [3.05, 3.63) is 11.6 Å². The van der Waals surface area contributed by atoms with Crippen molar-refractivity contribution >= 4 is 0 Å². The normalized spacial score (nSPS) is 45.8. The fourth-order valence-corrected chi connectivity index (χ4v) is 6.81. The Hall–Kier alpha value is -0.850. The first-order valence-corrected chi connectivity index (χ1v) is 10.2. The highest BCUT2D eigenvalue weighted by atomic mass is 16.3. The Morgan fingerprint density at radius 2 is 2.04 bits per heavy atom. The van der Waals surface area contributed by atoms with E-state index in [1.807, 2.05) is 0 Å². The highest BCUT2D eigenvalue weighted by Crippen LogP contribution is 2.71. The maximum atomic E-state index is 10.6. The molecule has 7 unspecified atom stereocenters. The van der Waals surface area contributed by atoms with Crippen LogP contribution in [-0.4, -0.2) is 22.9 Å². The monoisotopic (exact) mass is 345 g/mol. The summed E-state index contributed by atoms with van der Waals surface area (Å²) in [5, 5.41) is 30.2. The average molecular weight is 346 g/mol. The Morgan fingerprint density at radius 3 is 2.60 bits per heavy atom. The molecule has 0 aliphatic heterocycles. The summed E-state index contributed by atoms with van der Waals surface area (Å²) in [6.07, 6.45) is 7.85. The van der Waals surface area contributed by atoms with E-state index < -0.39 is 0 Å². The molecule has 0 spiro atoms. The van der Waals surface area contributed by atoms with Gasteiger partial charge in [-0.25, -0.2) is 0 Å². The van der Waals surface area contributed by atoms with Crippen molar-refractivity contribution in [3.8, 4) is 6.07 Å². The molecule has 25 heavy (non-hydrogen) atoms. The highest BCUT2D eigenvalue weighted by molar-refractivity contribution is 5.37. The molecule has 0 saturated heterocycles. The van der Waals surface area contributed by atoms with Crippen LogP contribution in [0.5, 0.6) is 0 Å². The predicted octanol–water partition coefficient (Wildman–Crippen LogP) is 4.30. The number of aliphatic hydroxyl groups excluding tert-OH is 2. The van der Waals surface area contributed by atoms with Crippen LogP contribution in [0.1, 0.15) is 66.2 Å². The van der Waals surface area contributed by atoms with E-state index in [4.69, 9.17) is 5.11 Å². The molecule has 3 nitrogen and oxygen atoms in total. The number of nitrogens with zero attached hydrogens (tertiary/aromatic N) is 1. The van der Waals surface area contributed by atoms with E-state index in [0.29, 0.717) is 17.8 Å². The molecule has 3 aliphatic carbocycles. The first kappa shape index (κ1) is 18.9. The average Bonchev–Trinajstić information content (AvgIpc) is 3.16. The second-order valence-electron chi connectivity index (χ2n) is 9.51. The maximum absolute atomic E-state index is 10.6. The standard InChI is InChI=1S/C22H35NO2/c1-14(2)18-9-16-11-21(18,4)22(12-16,13-23)19-10-20(25)15(3)17(19)7-5-6-8-24/h9,14-17,19-20,24-25H,5-8,10-12H2,1-4H3. The number of unbranched alkanes of at least 4 members (excludes halogenated alkanes) is 1. The largest absolute Gasteiger partial charge is 0.396 e. The molecule has 0 aromatic rings. The molecule has 0 aromatic heterocycles. The molecule has 0 amide bonds. The zero-order valence-corrected chi connectivity index (χ0v) is 16.3. The van der Waals surface area contributed by atoms with Gasteiger partial charge in [0.05, 0.1) is 17.6 Å². The SMILES string of the molecule is CC(C)C1=CC2CC1(C)C(C#N)(C1CC(O)C(C)C1CCCCO)C2. The Morgan fingerprint density at radius 1 is 1.32 bits per heavy atom. The van der Waals surface area contributed by atoms with Gasteiger partial charge in [0, 0.05) is 12.0 Å². The molecule has 0 radical (unpaired) electrons. The molecular formula is C22H35NO2. The van der Waals surface area contributed by atoms with Crippen molar-refractivity contribution in [3.63, 3.8) is 0 Å². The topological polar surface area (TPSA) is 64.2 Å². The number of hydrogen-bond acceptors (Lipinski definition) is 3. The van der Waals surface area contributed by atoms with Crippen molar-refractivity contribution in [2.24, 2.45) is 40.4 Å². The van der Waals surface area contributed by atoms with E-state index in [1.54, 1.807) is 0 Å². The van der Waals surface area contributed by atoms with Crippen LogP contribution < -0.4 is 0 Å². The Kier molecular flexibility index (Phi) is 5.08. The van der Waals surface area contributed by atoms with Crippen LogP contribution in [0, 0.1) is 51.8 Å². The van der Waals surface area contributed by atoms with Crippen molar-refractivity contribution in [2.45, 2.75) is 72.3 Å². The van der Waals surface area contributed by atoms with Crippen molar-refractivity contribution in [1.29, 1.82) is 5.26 Å². The van der Waals surface area contributed by atoms with E-state index in [0.717, 1.165) is 38.5 Å². The van der Waals surface area contributed by atoms with E-state index >= 15 is 0 Å². The van der Waals surface area contributed by atoms with Gasteiger partial charge in [0.1, 0.15) is 0 Å². The predicted molar refractivity (Wildman–Crippen MR) is 99.5 cm³/mol. The van der Waals surface area contributed by atoms with Crippen LogP contribution in [0.25, 0.3) is 0 Å². The third-order valence-corrected chi connectivity index (χ3v) is 7.99. The number of fused-ring (bicyclic) bond motifs is 2. The van der Waals surface area contributed by atoms with Gasteiger partial charge in [0.15, 0.2) is 0 Å². The Balaban J connectivity index is 1.95. The summed E-state index contributed by atoms with van der Waals surface area (Å²) < 4.78 is 0. The van der Waals surface area contributed by atoms with Crippen LogP contribution >= 0.6 is 0 Å². The number of rotatable bonds is 6. The molecule has 2 fully saturated rings.